The molecule has 0 aliphatic rings. The van der Waals surface area contributed by atoms with Crippen LogP contribution in [-0.4, -0.2) is 22.5 Å². The number of nitro benzene ring substituents is 1. The lowest BCUT2D eigenvalue weighted by Crippen LogP contribution is -2.26. The number of nitro groups is 1. The Hall–Kier alpha value is -3.26. The van der Waals surface area contributed by atoms with Crippen molar-refractivity contribution in [2.24, 2.45) is 0 Å². The number of amides is 1. The zero-order valence-corrected chi connectivity index (χ0v) is 15.5. The molecule has 1 N–H and O–H groups in total. The minimum Gasteiger partial charge on any atom is -0.360 e. The zero-order chi connectivity index (χ0) is 20.3. The highest BCUT2D eigenvalue weighted by Crippen LogP contribution is 2.33. The minimum absolute atomic E-state index is 0.000657. The van der Waals surface area contributed by atoms with Crippen LogP contribution in [0.3, 0.4) is 0 Å². The molecular weight excluding hydrogens is 389 g/mol. The molecule has 0 spiro atoms. The van der Waals surface area contributed by atoms with Gasteiger partial charge in [-0.3, -0.25) is 14.9 Å². The highest BCUT2D eigenvalue weighted by Gasteiger charge is 2.25. The number of rotatable bonds is 6. The van der Waals surface area contributed by atoms with E-state index in [9.17, 15) is 19.3 Å². The maximum absolute atomic E-state index is 14.2. The molecule has 0 aliphatic carbocycles. The van der Waals surface area contributed by atoms with Gasteiger partial charge in [-0.1, -0.05) is 35.0 Å². The summed E-state index contributed by atoms with van der Waals surface area (Å²) in [4.78, 5) is 22.8. The van der Waals surface area contributed by atoms with E-state index in [1.54, 1.807) is 19.1 Å². The predicted octanol–water partition coefficient (Wildman–Crippen LogP) is 4.32. The van der Waals surface area contributed by atoms with Crippen molar-refractivity contribution in [1.29, 1.82) is 0 Å². The summed E-state index contributed by atoms with van der Waals surface area (Å²) in [6, 6.07) is 10.2. The molecule has 1 amide bonds. The Morgan fingerprint density at radius 2 is 2.00 bits per heavy atom. The van der Waals surface area contributed by atoms with Gasteiger partial charge in [0.25, 0.3) is 11.6 Å². The normalized spacial score (nSPS) is 10.7. The quantitative estimate of drug-likeness (QED) is 0.488. The van der Waals surface area contributed by atoms with Gasteiger partial charge in [-0.25, -0.2) is 4.39 Å². The minimum atomic E-state index is -0.610. The average molecular weight is 404 g/mol. The monoisotopic (exact) mass is 403 g/mol. The van der Waals surface area contributed by atoms with Gasteiger partial charge < -0.3 is 9.84 Å². The third-order valence-corrected chi connectivity index (χ3v) is 4.45. The predicted molar refractivity (Wildman–Crippen MR) is 101 cm³/mol. The molecule has 3 aromatic rings. The van der Waals surface area contributed by atoms with E-state index in [4.69, 9.17) is 16.1 Å². The van der Waals surface area contributed by atoms with Gasteiger partial charge in [-0.2, -0.15) is 0 Å². The summed E-state index contributed by atoms with van der Waals surface area (Å²) < 4.78 is 19.3. The van der Waals surface area contributed by atoms with Crippen LogP contribution in [0.1, 0.15) is 21.7 Å². The van der Waals surface area contributed by atoms with E-state index in [0.29, 0.717) is 6.42 Å². The largest absolute Gasteiger partial charge is 0.360 e. The third kappa shape index (κ3) is 4.01. The SMILES string of the molecule is Cc1onc(-c2c(F)cccc2Cl)c1C(=O)NCCc1ccc([N+](=O)[O-])cc1. The molecule has 9 heteroatoms. The van der Waals surface area contributed by atoms with Crippen molar-refractivity contribution in [2.45, 2.75) is 13.3 Å². The molecule has 1 aromatic heterocycles. The van der Waals surface area contributed by atoms with E-state index in [-0.39, 0.29) is 39.8 Å². The number of halogens is 2. The number of nitrogens with one attached hydrogen (secondary N) is 1. The molecule has 28 heavy (non-hydrogen) atoms. The van der Waals surface area contributed by atoms with Gasteiger partial charge >= 0.3 is 0 Å². The van der Waals surface area contributed by atoms with Crippen LogP contribution in [0.15, 0.2) is 47.0 Å². The highest BCUT2D eigenvalue weighted by molar-refractivity contribution is 6.33. The Morgan fingerprint density at radius 1 is 1.29 bits per heavy atom. The first kappa shape index (κ1) is 19.5. The number of hydrogen-bond donors (Lipinski definition) is 1. The summed E-state index contributed by atoms with van der Waals surface area (Å²) in [5, 5.41) is 17.3. The van der Waals surface area contributed by atoms with Crippen molar-refractivity contribution >= 4 is 23.2 Å². The number of carbonyl (C=O) groups is 1. The topological polar surface area (TPSA) is 98.3 Å². The first-order valence-electron chi connectivity index (χ1n) is 8.30. The fourth-order valence-electron chi connectivity index (χ4n) is 2.73. The number of non-ortho nitro benzene ring substituents is 1. The molecule has 0 atom stereocenters. The maximum atomic E-state index is 14.2. The van der Waals surface area contributed by atoms with Crippen LogP contribution in [0.4, 0.5) is 10.1 Å². The van der Waals surface area contributed by atoms with E-state index < -0.39 is 16.6 Å². The lowest BCUT2D eigenvalue weighted by Gasteiger charge is -2.07. The summed E-state index contributed by atoms with van der Waals surface area (Å²) in [5.41, 5.74) is 0.968. The van der Waals surface area contributed by atoms with Gasteiger partial charge in [0.05, 0.1) is 15.5 Å². The standard InChI is InChI=1S/C19H15ClFN3O4/c1-11-16(18(23-28-11)17-14(20)3-2-4-15(17)21)19(25)22-10-9-12-5-7-13(8-6-12)24(26)27/h2-8H,9-10H2,1H3,(H,22,25). The summed E-state index contributed by atoms with van der Waals surface area (Å²) in [6.45, 7) is 1.82. The number of hydrogen-bond acceptors (Lipinski definition) is 5. The van der Waals surface area contributed by atoms with Gasteiger partial charge in [0, 0.05) is 18.7 Å². The van der Waals surface area contributed by atoms with Crippen LogP contribution in [0, 0.1) is 22.9 Å². The highest BCUT2D eigenvalue weighted by atomic mass is 35.5. The van der Waals surface area contributed by atoms with E-state index in [0.717, 1.165) is 5.56 Å². The molecule has 3 rings (SSSR count). The second-order valence-corrected chi connectivity index (χ2v) is 6.40. The molecule has 0 aliphatic heterocycles. The van der Waals surface area contributed by atoms with Crippen molar-refractivity contribution in [3.05, 3.63) is 80.3 Å². The number of nitrogens with zero attached hydrogens (tertiary/aromatic N) is 2. The van der Waals surface area contributed by atoms with E-state index in [2.05, 4.69) is 10.5 Å². The van der Waals surface area contributed by atoms with E-state index >= 15 is 0 Å². The molecule has 0 fully saturated rings. The van der Waals surface area contributed by atoms with Crippen molar-refractivity contribution in [3.8, 4) is 11.3 Å². The molecule has 7 nitrogen and oxygen atoms in total. The molecular formula is C19H15ClFN3O4. The number of aromatic nitrogens is 1. The molecule has 0 radical (unpaired) electrons. The summed E-state index contributed by atoms with van der Waals surface area (Å²) in [5.74, 6) is -0.849. The first-order chi connectivity index (χ1) is 13.4. The Balaban J connectivity index is 1.73. The number of carbonyl (C=O) groups excluding carboxylic acids is 1. The molecule has 0 saturated heterocycles. The smallest absolute Gasteiger partial charge is 0.269 e. The van der Waals surface area contributed by atoms with Crippen molar-refractivity contribution < 1.29 is 18.6 Å². The van der Waals surface area contributed by atoms with Crippen LogP contribution in [0.5, 0.6) is 0 Å². The fraction of sp³-hybridized carbons (Fsp3) is 0.158. The molecule has 2 aromatic carbocycles. The molecule has 144 valence electrons. The van der Waals surface area contributed by atoms with Gasteiger partial charge in [0.15, 0.2) is 0 Å². The molecule has 0 bridgehead atoms. The second kappa shape index (κ2) is 8.18. The van der Waals surface area contributed by atoms with Crippen LogP contribution >= 0.6 is 11.6 Å². The average Bonchev–Trinajstić information content (AvgIpc) is 3.03. The summed E-state index contributed by atoms with van der Waals surface area (Å²) >= 11 is 6.07. The third-order valence-electron chi connectivity index (χ3n) is 4.14. The summed E-state index contributed by atoms with van der Waals surface area (Å²) in [7, 11) is 0. The van der Waals surface area contributed by atoms with Crippen LogP contribution in [-0.2, 0) is 6.42 Å². The molecule has 0 unspecified atom stereocenters. The Kier molecular flexibility index (Phi) is 5.70. The van der Waals surface area contributed by atoms with Crippen molar-refractivity contribution in [1.82, 2.24) is 10.5 Å². The molecule has 0 saturated carbocycles. The van der Waals surface area contributed by atoms with Crippen LogP contribution in [0.25, 0.3) is 11.3 Å². The lowest BCUT2D eigenvalue weighted by molar-refractivity contribution is -0.384. The summed E-state index contributed by atoms with van der Waals surface area (Å²) in [6.07, 6.45) is 0.462. The fourth-order valence-corrected chi connectivity index (χ4v) is 2.98. The Morgan fingerprint density at radius 3 is 2.64 bits per heavy atom. The van der Waals surface area contributed by atoms with E-state index in [1.807, 2.05) is 0 Å². The van der Waals surface area contributed by atoms with Gasteiger partial charge in [0.2, 0.25) is 0 Å². The van der Waals surface area contributed by atoms with Gasteiger partial charge in [-0.05, 0) is 31.0 Å². The van der Waals surface area contributed by atoms with Crippen LogP contribution in [0.2, 0.25) is 5.02 Å². The second-order valence-electron chi connectivity index (χ2n) is 5.99. The van der Waals surface area contributed by atoms with Crippen LogP contribution < -0.4 is 5.32 Å². The first-order valence-corrected chi connectivity index (χ1v) is 8.68. The van der Waals surface area contributed by atoms with Gasteiger partial charge in [0.1, 0.15) is 22.8 Å². The van der Waals surface area contributed by atoms with E-state index in [1.165, 1.54) is 30.3 Å². The zero-order valence-electron chi connectivity index (χ0n) is 14.7. The Labute approximate surface area is 164 Å². The van der Waals surface area contributed by atoms with Crippen molar-refractivity contribution in [2.75, 3.05) is 6.54 Å². The molecule has 1 heterocycles. The maximum Gasteiger partial charge on any atom is 0.269 e. The van der Waals surface area contributed by atoms with Gasteiger partial charge in [-0.15, -0.1) is 0 Å². The van der Waals surface area contributed by atoms with Crippen molar-refractivity contribution in [3.63, 3.8) is 0 Å². The number of benzene rings is 2. The number of aryl methyl sites for hydroxylation is 1. The Bertz CT molecular complexity index is 1010. The lowest BCUT2D eigenvalue weighted by atomic mass is 10.0.